The Balaban J connectivity index is 2.15. The number of esters is 1. The van der Waals surface area contributed by atoms with Crippen molar-refractivity contribution in [2.75, 3.05) is 24.6 Å². The molecule has 0 saturated carbocycles. The number of anilines is 1. The van der Waals surface area contributed by atoms with Gasteiger partial charge in [0.1, 0.15) is 0 Å². The Bertz CT molecular complexity index is 492. The zero-order valence-electron chi connectivity index (χ0n) is 12.3. The minimum absolute atomic E-state index is 0.242. The number of hydrogen-bond donors (Lipinski definition) is 1. The third-order valence-electron chi connectivity index (χ3n) is 3.72. The van der Waals surface area contributed by atoms with Crippen LogP contribution in [0.25, 0.3) is 0 Å². The summed E-state index contributed by atoms with van der Waals surface area (Å²) in [5, 5.41) is 0. The first-order valence-corrected chi connectivity index (χ1v) is 7.04. The van der Waals surface area contributed by atoms with Gasteiger partial charge in [-0.2, -0.15) is 0 Å². The van der Waals surface area contributed by atoms with Crippen LogP contribution in [0, 0.1) is 12.8 Å². The second-order valence-electron chi connectivity index (χ2n) is 5.27. The number of carbonyl (C=O) groups excluding carboxylic acids is 1. The Labute approximate surface area is 119 Å². The molecular weight excluding hydrogens is 256 g/mol. The summed E-state index contributed by atoms with van der Waals surface area (Å²) in [6, 6.07) is 0.242. The predicted octanol–water partition coefficient (Wildman–Crippen LogP) is 1.14. The van der Waals surface area contributed by atoms with Gasteiger partial charge in [0.2, 0.25) is 5.95 Å². The second-order valence-corrected chi connectivity index (χ2v) is 5.27. The lowest BCUT2D eigenvalue weighted by Crippen LogP contribution is -2.46. The van der Waals surface area contributed by atoms with Crippen LogP contribution in [0.3, 0.4) is 0 Å². The van der Waals surface area contributed by atoms with Crippen molar-refractivity contribution in [1.82, 2.24) is 9.97 Å². The summed E-state index contributed by atoms with van der Waals surface area (Å²) in [4.78, 5) is 22.6. The third-order valence-corrected chi connectivity index (χ3v) is 3.72. The molecule has 0 bridgehead atoms. The van der Waals surface area contributed by atoms with Gasteiger partial charge in [0.25, 0.3) is 0 Å². The van der Waals surface area contributed by atoms with Crippen LogP contribution in [0.1, 0.15) is 36.3 Å². The summed E-state index contributed by atoms with van der Waals surface area (Å²) < 4.78 is 4.98. The number of carbonyl (C=O) groups is 1. The summed E-state index contributed by atoms with van der Waals surface area (Å²) in [5.41, 5.74) is 7.09. The van der Waals surface area contributed by atoms with Gasteiger partial charge in [-0.3, -0.25) is 0 Å². The molecule has 0 aliphatic carbocycles. The summed E-state index contributed by atoms with van der Waals surface area (Å²) in [5.74, 6) is 0.706. The summed E-state index contributed by atoms with van der Waals surface area (Å²) in [6.45, 7) is 7.76. The summed E-state index contributed by atoms with van der Waals surface area (Å²) in [7, 11) is 0. The molecule has 1 saturated heterocycles. The van der Waals surface area contributed by atoms with Crippen LogP contribution in [0.5, 0.6) is 0 Å². The van der Waals surface area contributed by atoms with E-state index in [1.807, 2.05) is 0 Å². The number of nitrogens with zero attached hydrogens (tertiary/aromatic N) is 3. The van der Waals surface area contributed by atoms with Crippen LogP contribution < -0.4 is 10.6 Å². The number of piperidine rings is 1. The van der Waals surface area contributed by atoms with Crippen LogP contribution in [0.15, 0.2) is 6.20 Å². The van der Waals surface area contributed by atoms with E-state index in [1.165, 1.54) is 0 Å². The van der Waals surface area contributed by atoms with E-state index in [-0.39, 0.29) is 12.0 Å². The van der Waals surface area contributed by atoms with Gasteiger partial charge in [-0.15, -0.1) is 0 Å². The normalized spacial score (nSPS) is 22.7. The minimum atomic E-state index is -0.370. The van der Waals surface area contributed by atoms with Gasteiger partial charge in [-0.1, -0.05) is 6.92 Å². The molecule has 0 amide bonds. The SMILES string of the molecule is CCOC(=O)c1cnc(N2CCC(N)C(C)C2)nc1C. The fourth-order valence-corrected chi connectivity index (χ4v) is 2.36. The van der Waals surface area contributed by atoms with Crippen LogP contribution >= 0.6 is 0 Å². The summed E-state index contributed by atoms with van der Waals surface area (Å²) in [6.07, 6.45) is 2.48. The molecule has 2 rings (SSSR count). The van der Waals surface area contributed by atoms with Gasteiger partial charge < -0.3 is 15.4 Å². The van der Waals surface area contributed by atoms with Crippen molar-refractivity contribution >= 4 is 11.9 Å². The largest absolute Gasteiger partial charge is 0.462 e. The minimum Gasteiger partial charge on any atom is -0.462 e. The molecule has 6 nitrogen and oxygen atoms in total. The lowest BCUT2D eigenvalue weighted by Gasteiger charge is -2.35. The maximum atomic E-state index is 11.7. The molecule has 1 fully saturated rings. The van der Waals surface area contributed by atoms with Crippen molar-refractivity contribution in [3.05, 3.63) is 17.5 Å². The molecular formula is C14H22N4O2. The van der Waals surface area contributed by atoms with Gasteiger partial charge in [0.15, 0.2) is 0 Å². The average molecular weight is 278 g/mol. The van der Waals surface area contributed by atoms with Crippen LogP contribution in [0.2, 0.25) is 0 Å². The van der Waals surface area contributed by atoms with E-state index in [9.17, 15) is 4.79 Å². The van der Waals surface area contributed by atoms with Gasteiger partial charge in [-0.05, 0) is 26.2 Å². The van der Waals surface area contributed by atoms with Crippen molar-refractivity contribution in [1.29, 1.82) is 0 Å². The van der Waals surface area contributed by atoms with Gasteiger partial charge >= 0.3 is 5.97 Å². The molecule has 1 aromatic rings. The van der Waals surface area contributed by atoms with E-state index in [0.717, 1.165) is 19.5 Å². The molecule has 1 aliphatic rings. The Hall–Kier alpha value is -1.69. The number of ether oxygens (including phenoxy) is 1. The first-order chi connectivity index (χ1) is 9.52. The first-order valence-electron chi connectivity index (χ1n) is 7.04. The molecule has 0 spiro atoms. The maximum Gasteiger partial charge on any atom is 0.341 e. The van der Waals surface area contributed by atoms with Gasteiger partial charge in [0.05, 0.1) is 17.9 Å². The third kappa shape index (κ3) is 3.07. The lowest BCUT2D eigenvalue weighted by atomic mass is 9.95. The zero-order chi connectivity index (χ0) is 14.7. The van der Waals surface area contributed by atoms with Crippen LogP contribution in [0.4, 0.5) is 5.95 Å². The molecule has 20 heavy (non-hydrogen) atoms. The quantitative estimate of drug-likeness (QED) is 0.835. The molecule has 110 valence electrons. The highest BCUT2D eigenvalue weighted by atomic mass is 16.5. The smallest absolute Gasteiger partial charge is 0.341 e. The zero-order valence-corrected chi connectivity index (χ0v) is 12.3. The van der Waals surface area contributed by atoms with E-state index in [0.29, 0.717) is 29.7 Å². The number of hydrogen-bond acceptors (Lipinski definition) is 6. The monoisotopic (exact) mass is 278 g/mol. The number of aromatic nitrogens is 2. The fourth-order valence-electron chi connectivity index (χ4n) is 2.36. The van der Waals surface area contributed by atoms with E-state index < -0.39 is 0 Å². The predicted molar refractivity (Wildman–Crippen MR) is 76.7 cm³/mol. The lowest BCUT2D eigenvalue weighted by molar-refractivity contribution is 0.0524. The molecule has 6 heteroatoms. The van der Waals surface area contributed by atoms with Crippen molar-refractivity contribution in [2.24, 2.45) is 11.7 Å². The van der Waals surface area contributed by atoms with Crippen LogP contribution in [-0.4, -0.2) is 41.7 Å². The van der Waals surface area contributed by atoms with Crippen molar-refractivity contribution in [3.8, 4) is 0 Å². The topological polar surface area (TPSA) is 81.3 Å². The van der Waals surface area contributed by atoms with Gasteiger partial charge in [-0.25, -0.2) is 14.8 Å². The van der Waals surface area contributed by atoms with E-state index in [4.69, 9.17) is 10.5 Å². The van der Waals surface area contributed by atoms with Gasteiger partial charge in [0, 0.05) is 25.3 Å². The number of rotatable bonds is 3. The molecule has 2 N–H and O–H groups in total. The molecule has 2 heterocycles. The molecule has 0 aromatic carbocycles. The first kappa shape index (κ1) is 14.7. The maximum absolute atomic E-state index is 11.7. The average Bonchev–Trinajstić information content (AvgIpc) is 2.42. The second kappa shape index (κ2) is 6.17. The molecule has 1 aliphatic heterocycles. The molecule has 1 aromatic heterocycles. The highest BCUT2D eigenvalue weighted by molar-refractivity contribution is 5.90. The Morgan fingerprint density at radius 3 is 2.95 bits per heavy atom. The Kier molecular flexibility index (Phi) is 4.54. The molecule has 0 radical (unpaired) electrons. The highest BCUT2D eigenvalue weighted by Gasteiger charge is 2.25. The van der Waals surface area contributed by atoms with E-state index in [1.54, 1.807) is 20.0 Å². The molecule has 2 unspecified atom stereocenters. The summed E-state index contributed by atoms with van der Waals surface area (Å²) >= 11 is 0. The van der Waals surface area contributed by atoms with Crippen molar-refractivity contribution in [2.45, 2.75) is 33.2 Å². The Morgan fingerprint density at radius 1 is 1.60 bits per heavy atom. The molecule has 2 atom stereocenters. The fraction of sp³-hybridized carbons (Fsp3) is 0.643. The Morgan fingerprint density at radius 2 is 2.35 bits per heavy atom. The van der Waals surface area contributed by atoms with E-state index >= 15 is 0 Å². The van der Waals surface area contributed by atoms with Crippen molar-refractivity contribution in [3.63, 3.8) is 0 Å². The number of nitrogens with two attached hydrogens (primary N) is 1. The number of aryl methyl sites for hydroxylation is 1. The van der Waals surface area contributed by atoms with Crippen molar-refractivity contribution < 1.29 is 9.53 Å². The van der Waals surface area contributed by atoms with E-state index in [2.05, 4.69) is 21.8 Å². The standard InChI is InChI=1S/C14H22N4O2/c1-4-20-13(19)11-7-16-14(17-10(11)3)18-6-5-12(15)9(2)8-18/h7,9,12H,4-6,8,15H2,1-3H3. The van der Waals surface area contributed by atoms with Crippen LogP contribution in [-0.2, 0) is 4.74 Å². The highest BCUT2D eigenvalue weighted by Crippen LogP contribution is 2.20.